The van der Waals surface area contributed by atoms with Crippen LogP contribution < -0.4 is 19.6 Å². The highest BCUT2D eigenvalue weighted by Crippen LogP contribution is 2.31. The highest BCUT2D eigenvalue weighted by molar-refractivity contribution is 7.07. The maximum Gasteiger partial charge on any atom is 0.338 e. The topological polar surface area (TPSA) is 74.8 Å². The molecule has 2 aromatic heterocycles. The van der Waals surface area contributed by atoms with Gasteiger partial charge in [0.1, 0.15) is 12.4 Å². The summed E-state index contributed by atoms with van der Waals surface area (Å²) in [6, 6.07) is 24.9. The molecule has 0 aliphatic carbocycles. The minimum absolute atomic E-state index is 0.199. The zero-order valence-corrected chi connectivity index (χ0v) is 27.9. The molecule has 0 N–H and O–H groups in total. The number of ether oxygens (including phenoxy) is 2. The van der Waals surface area contributed by atoms with E-state index in [1.165, 1.54) is 11.3 Å². The molecule has 0 saturated carbocycles. The minimum Gasteiger partial charge on any atom is -0.489 e. The Balaban J connectivity index is 1.34. The van der Waals surface area contributed by atoms with Crippen LogP contribution in [0.4, 0.5) is 0 Å². The lowest BCUT2D eigenvalue weighted by molar-refractivity contribution is -0.139. The molecule has 7 nitrogen and oxygen atoms in total. The number of benzene rings is 3. The van der Waals surface area contributed by atoms with Crippen molar-refractivity contribution in [1.82, 2.24) is 9.13 Å². The zero-order valence-electron chi connectivity index (χ0n) is 26.3. The number of aryl methyl sites for hydroxylation is 2. The van der Waals surface area contributed by atoms with Gasteiger partial charge in [0.2, 0.25) is 0 Å². The van der Waals surface area contributed by atoms with Crippen molar-refractivity contribution >= 4 is 35.0 Å². The van der Waals surface area contributed by atoms with E-state index in [0.29, 0.717) is 32.2 Å². The molecule has 0 amide bonds. The molecule has 234 valence electrons. The largest absolute Gasteiger partial charge is 0.489 e. The van der Waals surface area contributed by atoms with Crippen molar-refractivity contribution in [1.29, 1.82) is 0 Å². The second-order valence-corrected chi connectivity index (χ2v) is 12.7. The van der Waals surface area contributed by atoms with Gasteiger partial charge in [-0.3, -0.25) is 9.36 Å². The lowest BCUT2D eigenvalue weighted by atomic mass is 9.95. The van der Waals surface area contributed by atoms with Gasteiger partial charge in [-0.15, -0.1) is 0 Å². The molecule has 5 aromatic rings. The first-order valence-electron chi connectivity index (χ1n) is 15.1. The van der Waals surface area contributed by atoms with E-state index in [1.54, 1.807) is 18.4 Å². The zero-order chi connectivity index (χ0) is 32.5. The number of allylic oxidation sites excluding steroid dienone is 1. The molecular weight excluding hydrogens is 618 g/mol. The fraction of sp³-hybridized carbons (Fsp3) is 0.216. The standard InChI is InChI=1S/C37H34ClN3O4S/c1-6-44-36(43)33-24(4)39-37-41(34(33)27-11-7-22(2)8-12-27)35(42)32(46-37)20-28-19-23(3)40(25(28)5)30-15-17-31(18-16-30)45-21-26-9-13-29(38)14-10-26/h7-20,34H,6,21H2,1-5H3/b32-20-/t34-/m0/s1. The molecule has 1 aliphatic rings. The van der Waals surface area contributed by atoms with E-state index in [2.05, 4.69) is 10.6 Å². The van der Waals surface area contributed by atoms with Crippen molar-refractivity contribution in [3.05, 3.63) is 148 Å². The van der Waals surface area contributed by atoms with Gasteiger partial charge in [0.15, 0.2) is 4.80 Å². The summed E-state index contributed by atoms with van der Waals surface area (Å²) < 4.78 is 15.7. The third-order valence-corrected chi connectivity index (χ3v) is 9.32. The number of nitrogens with zero attached hydrogens (tertiary/aromatic N) is 3. The van der Waals surface area contributed by atoms with Gasteiger partial charge < -0.3 is 14.0 Å². The van der Waals surface area contributed by atoms with E-state index in [4.69, 9.17) is 26.1 Å². The Bertz CT molecular complexity index is 2140. The fourth-order valence-corrected chi connectivity index (χ4v) is 6.93. The van der Waals surface area contributed by atoms with Crippen molar-refractivity contribution in [2.75, 3.05) is 6.61 Å². The minimum atomic E-state index is -0.633. The number of carbonyl (C=O) groups is 1. The summed E-state index contributed by atoms with van der Waals surface area (Å²) in [6.45, 7) is 10.3. The van der Waals surface area contributed by atoms with Crippen LogP contribution >= 0.6 is 22.9 Å². The number of aromatic nitrogens is 2. The van der Waals surface area contributed by atoms with Crippen LogP contribution in [0.1, 0.15) is 53.5 Å². The van der Waals surface area contributed by atoms with E-state index in [1.807, 2.05) is 99.6 Å². The molecule has 1 aliphatic heterocycles. The summed E-state index contributed by atoms with van der Waals surface area (Å²) in [5.41, 5.74) is 7.64. The lowest BCUT2D eigenvalue weighted by Crippen LogP contribution is -2.39. The predicted molar refractivity (Wildman–Crippen MR) is 183 cm³/mol. The molecule has 3 heterocycles. The molecule has 6 rings (SSSR count). The van der Waals surface area contributed by atoms with E-state index in [0.717, 1.165) is 45.1 Å². The van der Waals surface area contributed by atoms with Gasteiger partial charge in [0.05, 0.1) is 28.5 Å². The molecule has 0 spiro atoms. The number of halogens is 1. The van der Waals surface area contributed by atoms with Crippen LogP contribution in [-0.2, 0) is 16.1 Å². The van der Waals surface area contributed by atoms with Crippen LogP contribution in [0, 0.1) is 20.8 Å². The van der Waals surface area contributed by atoms with Crippen LogP contribution in [-0.4, -0.2) is 21.7 Å². The molecular formula is C37H34ClN3O4S. The van der Waals surface area contributed by atoms with Gasteiger partial charge in [0, 0.05) is 22.1 Å². The Morgan fingerprint density at radius 2 is 1.67 bits per heavy atom. The average molecular weight is 652 g/mol. The van der Waals surface area contributed by atoms with Gasteiger partial charge in [-0.05, 0) is 99.8 Å². The normalized spacial score (nSPS) is 14.7. The van der Waals surface area contributed by atoms with Gasteiger partial charge in [-0.2, -0.15) is 0 Å². The molecule has 1 atom stereocenters. The first-order valence-corrected chi connectivity index (χ1v) is 16.3. The third kappa shape index (κ3) is 6.10. The highest BCUT2D eigenvalue weighted by atomic mass is 35.5. The SMILES string of the molecule is CCOC(=O)C1=C(C)N=c2s/c(=C\c3cc(C)n(-c4ccc(OCc5ccc(Cl)cc5)cc4)c3C)c(=O)n2[C@H]1c1ccc(C)cc1. The third-order valence-electron chi connectivity index (χ3n) is 8.08. The van der Waals surface area contributed by atoms with Crippen molar-refractivity contribution in [3.8, 4) is 11.4 Å². The number of rotatable bonds is 8. The van der Waals surface area contributed by atoms with Crippen molar-refractivity contribution in [3.63, 3.8) is 0 Å². The Labute approximate surface area is 276 Å². The predicted octanol–water partition coefficient (Wildman–Crippen LogP) is 6.75. The average Bonchev–Trinajstić information content (AvgIpc) is 3.50. The summed E-state index contributed by atoms with van der Waals surface area (Å²) >= 11 is 7.31. The van der Waals surface area contributed by atoms with Crippen LogP contribution in [0.3, 0.4) is 0 Å². The number of carbonyl (C=O) groups excluding carboxylic acids is 1. The quantitative estimate of drug-likeness (QED) is 0.174. The Hall–Kier alpha value is -4.66. The summed E-state index contributed by atoms with van der Waals surface area (Å²) in [7, 11) is 0. The van der Waals surface area contributed by atoms with Crippen LogP contribution in [0.15, 0.2) is 99.9 Å². The second kappa shape index (κ2) is 13.0. The summed E-state index contributed by atoms with van der Waals surface area (Å²) in [5.74, 6) is 0.302. The van der Waals surface area contributed by atoms with Gasteiger partial charge in [-0.25, -0.2) is 9.79 Å². The molecule has 0 saturated heterocycles. The number of hydrogen-bond donors (Lipinski definition) is 0. The monoisotopic (exact) mass is 651 g/mol. The highest BCUT2D eigenvalue weighted by Gasteiger charge is 2.33. The van der Waals surface area contributed by atoms with Crippen LogP contribution in [0.5, 0.6) is 5.75 Å². The second-order valence-electron chi connectivity index (χ2n) is 11.3. The number of thiazole rings is 1. The van der Waals surface area contributed by atoms with Crippen molar-refractivity contribution in [2.24, 2.45) is 4.99 Å². The van der Waals surface area contributed by atoms with Crippen LogP contribution in [0.25, 0.3) is 11.8 Å². The Morgan fingerprint density at radius 3 is 2.35 bits per heavy atom. The molecule has 0 bridgehead atoms. The van der Waals surface area contributed by atoms with Gasteiger partial charge >= 0.3 is 5.97 Å². The maximum atomic E-state index is 14.1. The fourth-order valence-electron chi connectivity index (χ4n) is 5.77. The van der Waals surface area contributed by atoms with Crippen molar-refractivity contribution in [2.45, 2.75) is 47.3 Å². The summed E-state index contributed by atoms with van der Waals surface area (Å²) in [5, 5.41) is 0.697. The molecule has 9 heteroatoms. The van der Waals surface area contributed by atoms with E-state index >= 15 is 0 Å². The number of fused-ring (bicyclic) bond motifs is 1. The smallest absolute Gasteiger partial charge is 0.338 e. The number of hydrogen-bond acceptors (Lipinski definition) is 6. The van der Waals surface area contributed by atoms with Gasteiger partial charge in [-0.1, -0.05) is 64.9 Å². The Morgan fingerprint density at radius 1 is 0.978 bits per heavy atom. The molecule has 46 heavy (non-hydrogen) atoms. The Kier molecular flexibility index (Phi) is 8.84. The van der Waals surface area contributed by atoms with E-state index in [9.17, 15) is 9.59 Å². The summed E-state index contributed by atoms with van der Waals surface area (Å²) in [6.07, 6.45) is 1.92. The van der Waals surface area contributed by atoms with E-state index in [-0.39, 0.29) is 12.2 Å². The first kappa shape index (κ1) is 31.3. The van der Waals surface area contributed by atoms with E-state index < -0.39 is 12.0 Å². The molecule has 0 fully saturated rings. The molecule has 0 unspecified atom stereocenters. The van der Waals surface area contributed by atoms with Crippen molar-refractivity contribution < 1.29 is 14.3 Å². The number of esters is 1. The van der Waals surface area contributed by atoms with Crippen LogP contribution in [0.2, 0.25) is 5.02 Å². The maximum absolute atomic E-state index is 14.1. The molecule has 0 radical (unpaired) electrons. The first-order chi connectivity index (χ1) is 22.1. The lowest BCUT2D eigenvalue weighted by Gasteiger charge is -2.24. The summed E-state index contributed by atoms with van der Waals surface area (Å²) in [4.78, 5) is 32.5. The molecule has 3 aromatic carbocycles. The van der Waals surface area contributed by atoms with Gasteiger partial charge in [0.25, 0.3) is 5.56 Å².